The van der Waals surface area contributed by atoms with Gasteiger partial charge in [-0.1, -0.05) is 12.1 Å². The average Bonchev–Trinajstić information content (AvgIpc) is 2.07. The van der Waals surface area contributed by atoms with Crippen LogP contribution in [0.2, 0.25) is 0 Å². The van der Waals surface area contributed by atoms with Gasteiger partial charge in [0.1, 0.15) is 0 Å². The Balaban J connectivity index is 3.02. The van der Waals surface area contributed by atoms with Gasteiger partial charge < -0.3 is 10.8 Å². The predicted molar refractivity (Wildman–Crippen MR) is 55.2 cm³/mol. The number of hydrogen-bond acceptors (Lipinski definition) is 2. The van der Waals surface area contributed by atoms with Crippen LogP contribution in [0.5, 0.6) is 0 Å². The molecule has 0 aliphatic rings. The van der Waals surface area contributed by atoms with Crippen LogP contribution in [-0.4, -0.2) is 11.1 Å². The van der Waals surface area contributed by atoms with Gasteiger partial charge in [-0.2, -0.15) is 0 Å². The number of carboxylic acids is 1. The lowest BCUT2D eigenvalue weighted by atomic mass is 10.2. The molecule has 0 bridgehead atoms. The summed E-state index contributed by atoms with van der Waals surface area (Å²) in [5, 5.41) is 8.40. The zero-order valence-electron chi connectivity index (χ0n) is 6.70. The van der Waals surface area contributed by atoms with E-state index in [1.807, 2.05) is 0 Å². The van der Waals surface area contributed by atoms with Crippen molar-refractivity contribution in [3.63, 3.8) is 0 Å². The Hall–Kier alpha value is -1.29. The van der Waals surface area contributed by atoms with Gasteiger partial charge in [0.25, 0.3) is 0 Å². The van der Waals surface area contributed by atoms with Crippen LogP contribution in [0.25, 0.3) is 6.08 Å². The molecule has 0 spiro atoms. The SMILES string of the molecule is Nc1c(Br)cccc1/C=C/C(=O)O. The lowest BCUT2D eigenvalue weighted by Crippen LogP contribution is -1.91. The van der Waals surface area contributed by atoms with Gasteiger partial charge in [0.05, 0.1) is 5.69 Å². The number of nitrogen functional groups attached to an aromatic ring is 1. The molecule has 0 heterocycles. The fraction of sp³-hybridized carbons (Fsp3) is 0. The highest BCUT2D eigenvalue weighted by Crippen LogP contribution is 2.23. The molecule has 1 aromatic rings. The van der Waals surface area contributed by atoms with Crippen molar-refractivity contribution < 1.29 is 9.90 Å². The average molecular weight is 242 g/mol. The molecule has 1 rings (SSSR count). The number of para-hydroxylation sites is 1. The molecular formula is C9H8BrNO2. The molecule has 3 N–H and O–H groups in total. The number of rotatable bonds is 2. The molecule has 0 aromatic heterocycles. The van der Waals surface area contributed by atoms with Crippen molar-refractivity contribution in [2.75, 3.05) is 5.73 Å². The fourth-order valence-corrected chi connectivity index (χ4v) is 1.24. The van der Waals surface area contributed by atoms with E-state index in [0.29, 0.717) is 11.3 Å². The second kappa shape index (κ2) is 4.09. The van der Waals surface area contributed by atoms with Crippen LogP contribution in [0.1, 0.15) is 5.56 Å². The molecule has 0 saturated carbocycles. The number of carbonyl (C=O) groups is 1. The van der Waals surface area contributed by atoms with Crippen molar-refractivity contribution in [3.05, 3.63) is 34.3 Å². The number of benzene rings is 1. The molecule has 0 unspecified atom stereocenters. The molecule has 0 saturated heterocycles. The summed E-state index contributed by atoms with van der Waals surface area (Å²) in [4.78, 5) is 10.2. The van der Waals surface area contributed by atoms with Crippen molar-refractivity contribution in [2.24, 2.45) is 0 Å². The molecule has 0 atom stereocenters. The number of nitrogens with two attached hydrogens (primary N) is 1. The molecule has 0 fully saturated rings. The Bertz CT molecular complexity index is 361. The van der Waals surface area contributed by atoms with Crippen molar-refractivity contribution >= 4 is 33.7 Å². The summed E-state index contributed by atoms with van der Waals surface area (Å²) in [6.45, 7) is 0. The van der Waals surface area contributed by atoms with Crippen molar-refractivity contribution in [2.45, 2.75) is 0 Å². The molecule has 68 valence electrons. The van der Waals surface area contributed by atoms with Crippen LogP contribution in [-0.2, 0) is 4.79 Å². The monoisotopic (exact) mass is 241 g/mol. The molecule has 1 aromatic carbocycles. The first-order chi connectivity index (χ1) is 6.11. The summed E-state index contributed by atoms with van der Waals surface area (Å²) in [6, 6.07) is 5.34. The van der Waals surface area contributed by atoms with Gasteiger partial charge in [-0.15, -0.1) is 0 Å². The van der Waals surface area contributed by atoms with E-state index in [1.165, 1.54) is 6.08 Å². The molecule has 0 aliphatic heterocycles. The highest BCUT2D eigenvalue weighted by molar-refractivity contribution is 9.10. The van der Waals surface area contributed by atoms with E-state index in [0.717, 1.165) is 10.5 Å². The Kier molecular flexibility index (Phi) is 3.08. The number of carboxylic acid groups (broad SMARTS) is 1. The minimum Gasteiger partial charge on any atom is -0.478 e. The topological polar surface area (TPSA) is 63.3 Å². The van der Waals surface area contributed by atoms with Crippen LogP contribution < -0.4 is 5.73 Å². The Labute approximate surface area is 84.0 Å². The summed E-state index contributed by atoms with van der Waals surface area (Å²) in [5.74, 6) is -0.987. The number of anilines is 1. The zero-order chi connectivity index (χ0) is 9.84. The molecule has 13 heavy (non-hydrogen) atoms. The third kappa shape index (κ3) is 2.59. The maximum absolute atomic E-state index is 10.2. The summed E-state index contributed by atoms with van der Waals surface area (Å²) >= 11 is 3.25. The van der Waals surface area contributed by atoms with Crippen LogP contribution >= 0.6 is 15.9 Å². The van der Waals surface area contributed by atoms with E-state index in [4.69, 9.17) is 10.8 Å². The largest absolute Gasteiger partial charge is 0.478 e. The van der Waals surface area contributed by atoms with E-state index >= 15 is 0 Å². The Morgan fingerprint density at radius 1 is 1.54 bits per heavy atom. The zero-order valence-corrected chi connectivity index (χ0v) is 8.28. The van der Waals surface area contributed by atoms with E-state index in [1.54, 1.807) is 18.2 Å². The third-order valence-corrected chi connectivity index (χ3v) is 2.18. The quantitative estimate of drug-likeness (QED) is 0.616. The Morgan fingerprint density at radius 3 is 2.85 bits per heavy atom. The smallest absolute Gasteiger partial charge is 0.328 e. The lowest BCUT2D eigenvalue weighted by molar-refractivity contribution is -0.131. The number of hydrogen-bond donors (Lipinski definition) is 2. The maximum atomic E-state index is 10.2. The molecule has 4 heteroatoms. The predicted octanol–water partition coefficient (Wildman–Crippen LogP) is 2.13. The van der Waals surface area contributed by atoms with Crippen LogP contribution in [0.4, 0.5) is 5.69 Å². The number of halogens is 1. The third-order valence-electron chi connectivity index (χ3n) is 1.49. The second-order valence-electron chi connectivity index (χ2n) is 2.41. The minimum absolute atomic E-state index is 0.542. The van der Waals surface area contributed by atoms with Crippen LogP contribution in [0, 0.1) is 0 Å². The first kappa shape index (κ1) is 9.80. The molecule has 0 amide bonds. The molecule has 0 aliphatic carbocycles. The normalized spacial score (nSPS) is 10.5. The van der Waals surface area contributed by atoms with Gasteiger partial charge in [-0.25, -0.2) is 4.79 Å². The standard InChI is InChI=1S/C9H8BrNO2/c10-7-3-1-2-6(9(7)11)4-5-8(12)13/h1-5H,11H2,(H,12,13)/b5-4+. The molecular weight excluding hydrogens is 234 g/mol. The molecule has 3 nitrogen and oxygen atoms in total. The highest BCUT2D eigenvalue weighted by atomic mass is 79.9. The second-order valence-corrected chi connectivity index (χ2v) is 3.27. The maximum Gasteiger partial charge on any atom is 0.328 e. The lowest BCUT2D eigenvalue weighted by Gasteiger charge is -2.01. The van der Waals surface area contributed by atoms with Gasteiger partial charge in [0.15, 0.2) is 0 Å². The van der Waals surface area contributed by atoms with Crippen molar-refractivity contribution in [1.29, 1.82) is 0 Å². The summed E-state index contributed by atoms with van der Waals surface area (Å²) in [5.41, 5.74) is 6.91. The van der Waals surface area contributed by atoms with Gasteiger partial charge >= 0.3 is 5.97 Å². The van der Waals surface area contributed by atoms with Gasteiger partial charge in [0, 0.05) is 10.5 Å². The summed E-state index contributed by atoms with van der Waals surface area (Å²) in [6.07, 6.45) is 2.51. The summed E-state index contributed by atoms with van der Waals surface area (Å²) in [7, 11) is 0. The van der Waals surface area contributed by atoms with Crippen molar-refractivity contribution in [3.8, 4) is 0 Å². The number of aliphatic carboxylic acids is 1. The summed E-state index contributed by atoms with van der Waals surface area (Å²) < 4.78 is 0.764. The van der Waals surface area contributed by atoms with Gasteiger partial charge in [-0.3, -0.25) is 0 Å². The first-order valence-electron chi connectivity index (χ1n) is 3.56. The van der Waals surface area contributed by atoms with E-state index in [-0.39, 0.29) is 0 Å². The minimum atomic E-state index is -0.987. The van der Waals surface area contributed by atoms with Gasteiger partial charge in [0.2, 0.25) is 0 Å². The fourth-order valence-electron chi connectivity index (χ4n) is 0.860. The van der Waals surface area contributed by atoms with E-state index in [9.17, 15) is 4.79 Å². The van der Waals surface area contributed by atoms with Gasteiger partial charge in [-0.05, 0) is 33.6 Å². The van der Waals surface area contributed by atoms with Crippen LogP contribution in [0.15, 0.2) is 28.7 Å². The Morgan fingerprint density at radius 2 is 2.23 bits per heavy atom. The molecule has 0 radical (unpaired) electrons. The first-order valence-corrected chi connectivity index (χ1v) is 4.35. The highest BCUT2D eigenvalue weighted by Gasteiger charge is 1.98. The van der Waals surface area contributed by atoms with E-state index < -0.39 is 5.97 Å². The van der Waals surface area contributed by atoms with E-state index in [2.05, 4.69) is 15.9 Å². The van der Waals surface area contributed by atoms with Crippen molar-refractivity contribution in [1.82, 2.24) is 0 Å². The van der Waals surface area contributed by atoms with Crippen LogP contribution in [0.3, 0.4) is 0 Å².